The molecule has 0 fully saturated rings. The lowest BCUT2D eigenvalue weighted by molar-refractivity contribution is 0.184. The standard InChI is InChI=1S/C17H18O3S/c1-19-11-14-6-4-7-16(9-14)20-12-17-10-15(13-21-17)5-2-3-8-18/h4,6-7,9-10,13,18H,3,8,11-12H2,1H3. The number of aliphatic hydroxyl groups is 1. The van der Waals surface area contributed by atoms with Gasteiger partial charge in [-0.15, -0.1) is 11.3 Å². The number of ether oxygens (including phenoxy) is 2. The van der Waals surface area contributed by atoms with Crippen LogP contribution >= 0.6 is 11.3 Å². The van der Waals surface area contributed by atoms with E-state index in [4.69, 9.17) is 14.6 Å². The van der Waals surface area contributed by atoms with Crippen LogP contribution in [0.1, 0.15) is 22.4 Å². The minimum absolute atomic E-state index is 0.102. The maximum Gasteiger partial charge on any atom is 0.122 e. The summed E-state index contributed by atoms with van der Waals surface area (Å²) in [7, 11) is 1.68. The van der Waals surface area contributed by atoms with E-state index in [9.17, 15) is 0 Å². The Hall–Kier alpha value is -1.80. The number of hydrogen-bond acceptors (Lipinski definition) is 4. The molecule has 0 aliphatic heterocycles. The average molecular weight is 302 g/mol. The van der Waals surface area contributed by atoms with Crippen LogP contribution in [0.2, 0.25) is 0 Å². The van der Waals surface area contributed by atoms with Gasteiger partial charge in [0, 0.05) is 29.4 Å². The van der Waals surface area contributed by atoms with Crippen LogP contribution in [0.3, 0.4) is 0 Å². The Balaban J connectivity index is 1.91. The Morgan fingerprint density at radius 1 is 1.24 bits per heavy atom. The molecule has 0 unspecified atom stereocenters. The van der Waals surface area contributed by atoms with Crippen LogP contribution in [0, 0.1) is 11.8 Å². The Morgan fingerprint density at radius 3 is 2.95 bits per heavy atom. The van der Waals surface area contributed by atoms with Gasteiger partial charge in [-0.3, -0.25) is 0 Å². The third-order valence-electron chi connectivity index (χ3n) is 2.71. The monoisotopic (exact) mass is 302 g/mol. The summed E-state index contributed by atoms with van der Waals surface area (Å²) in [5.74, 6) is 6.77. The zero-order valence-electron chi connectivity index (χ0n) is 12.0. The second-order valence-corrected chi connectivity index (χ2v) is 5.44. The largest absolute Gasteiger partial charge is 0.488 e. The summed E-state index contributed by atoms with van der Waals surface area (Å²) in [5.41, 5.74) is 2.07. The molecule has 0 aliphatic rings. The smallest absolute Gasteiger partial charge is 0.122 e. The van der Waals surface area contributed by atoms with Gasteiger partial charge in [-0.2, -0.15) is 0 Å². The van der Waals surface area contributed by atoms with Crippen LogP contribution in [-0.4, -0.2) is 18.8 Å². The topological polar surface area (TPSA) is 38.7 Å². The zero-order chi connectivity index (χ0) is 14.9. The molecule has 3 nitrogen and oxygen atoms in total. The molecule has 0 spiro atoms. The highest BCUT2D eigenvalue weighted by Gasteiger charge is 2.01. The van der Waals surface area contributed by atoms with Crippen molar-refractivity contribution in [3.05, 3.63) is 51.7 Å². The third kappa shape index (κ3) is 5.24. The molecule has 1 N–H and O–H groups in total. The fraction of sp³-hybridized carbons (Fsp3) is 0.294. The molecule has 0 radical (unpaired) electrons. The Morgan fingerprint density at radius 2 is 2.14 bits per heavy atom. The molecular formula is C17H18O3S. The van der Waals surface area contributed by atoms with Gasteiger partial charge in [0.05, 0.1) is 13.2 Å². The highest BCUT2D eigenvalue weighted by molar-refractivity contribution is 7.10. The van der Waals surface area contributed by atoms with E-state index in [0.29, 0.717) is 19.6 Å². The van der Waals surface area contributed by atoms with Crippen molar-refractivity contribution in [1.82, 2.24) is 0 Å². The van der Waals surface area contributed by atoms with Gasteiger partial charge in [-0.1, -0.05) is 24.0 Å². The van der Waals surface area contributed by atoms with E-state index in [-0.39, 0.29) is 6.61 Å². The zero-order valence-corrected chi connectivity index (χ0v) is 12.8. The molecule has 4 heteroatoms. The molecule has 110 valence electrons. The van der Waals surface area contributed by atoms with Crippen LogP contribution in [-0.2, 0) is 18.0 Å². The lowest BCUT2D eigenvalue weighted by atomic mass is 10.2. The summed E-state index contributed by atoms with van der Waals surface area (Å²) < 4.78 is 10.9. The molecule has 1 aromatic carbocycles. The van der Waals surface area contributed by atoms with Crippen molar-refractivity contribution >= 4 is 11.3 Å². The maximum absolute atomic E-state index is 8.69. The summed E-state index contributed by atoms with van der Waals surface area (Å²) >= 11 is 1.63. The van der Waals surface area contributed by atoms with E-state index < -0.39 is 0 Å². The highest BCUT2D eigenvalue weighted by Crippen LogP contribution is 2.19. The maximum atomic E-state index is 8.69. The molecular weight excluding hydrogens is 284 g/mol. The third-order valence-corrected chi connectivity index (χ3v) is 3.62. The van der Waals surface area contributed by atoms with Crippen molar-refractivity contribution in [3.63, 3.8) is 0 Å². The van der Waals surface area contributed by atoms with Gasteiger partial charge in [-0.25, -0.2) is 0 Å². The minimum Gasteiger partial charge on any atom is -0.488 e. The molecule has 0 saturated heterocycles. The number of thiophene rings is 1. The molecule has 0 saturated carbocycles. The van der Waals surface area contributed by atoms with Gasteiger partial charge in [0.25, 0.3) is 0 Å². The number of benzene rings is 1. The van der Waals surface area contributed by atoms with Crippen molar-refractivity contribution < 1.29 is 14.6 Å². The number of hydrogen-bond donors (Lipinski definition) is 1. The van der Waals surface area contributed by atoms with Crippen LogP contribution in [0.4, 0.5) is 0 Å². The van der Waals surface area contributed by atoms with Gasteiger partial charge in [-0.05, 0) is 23.8 Å². The first-order valence-corrected chi connectivity index (χ1v) is 7.57. The number of methoxy groups -OCH3 is 1. The lowest BCUT2D eigenvalue weighted by Gasteiger charge is -2.06. The van der Waals surface area contributed by atoms with Crippen LogP contribution in [0.25, 0.3) is 0 Å². The summed E-state index contributed by atoms with van der Waals surface area (Å²) in [6.45, 7) is 1.22. The lowest BCUT2D eigenvalue weighted by Crippen LogP contribution is -1.94. The van der Waals surface area contributed by atoms with E-state index >= 15 is 0 Å². The van der Waals surface area contributed by atoms with Crippen molar-refractivity contribution in [2.24, 2.45) is 0 Å². The van der Waals surface area contributed by atoms with Gasteiger partial charge in [0.1, 0.15) is 12.4 Å². The molecule has 0 aliphatic carbocycles. The average Bonchev–Trinajstić information content (AvgIpc) is 2.94. The van der Waals surface area contributed by atoms with E-state index in [1.807, 2.05) is 35.7 Å². The predicted molar refractivity (Wildman–Crippen MR) is 84.4 cm³/mol. The molecule has 0 amide bonds. The second kappa shape index (κ2) is 8.48. The fourth-order valence-corrected chi connectivity index (χ4v) is 2.52. The Labute approximate surface area is 129 Å². The second-order valence-electron chi connectivity index (χ2n) is 4.45. The fourth-order valence-electron chi connectivity index (χ4n) is 1.79. The van der Waals surface area contributed by atoms with E-state index in [2.05, 4.69) is 11.8 Å². The van der Waals surface area contributed by atoms with Crippen molar-refractivity contribution in [2.75, 3.05) is 13.7 Å². The first-order valence-electron chi connectivity index (χ1n) is 6.69. The molecule has 2 aromatic rings. The Bertz CT molecular complexity index is 622. The molecule has 0 atom stereocenters. The van der Waals surface area contributed by atoms with Gasteiger partial charge < -0.3 is 14.6 Å². The van der Waals surface area contributed by atoms with Crippen LogP contribution < -0.4 is 4.74 Å². The van der Waals surface area contributed by atoms with Gasteiger partial charge in [0.15, 0.2) is 0 Å². The first-order chi connectivity index (χ1) is 10.3. The molecule has 2 rings (SSSR count). The molecule has 0 bridgehead atoms. The summed E-state index contributed by atoms with van der Waals surface area (Å²) in [5, 5.41) is 10.7. The van der Waals surface area contributed by atoms with Crippen molar-refractivity contribution in [1.29, 1.82) is 0 Å². The SMILES string of the molecule is COCc1cccc(OCc2cc(C#CCCO)cs2)c1. The Kier molecular flexibility index (Phi) is 6.29. The van der Waals surface area contributed by atoms with Crippen LogP contribution in [0.15, 0.2) is 35.7 Å². The molecule has 1 aromatic heterocycles. The summed E-state index contributed by atoms with van der Waals surface area (Å²) in [4.78, 5) is 1.13. The molecule has 1 heterocycles. The van der Waals surface area contributed by atoms with Gasteiger partial charge in [0.2, 0.25) is 0 Å². The van der Waals surface area contributed by atoms with Crippen LogP contribution in [0.5, 0.6) is 5.75 Å². The predicted octanol–water partition coefficient (Wildman–Crippen LogP) is 3.21. The van der Waals surface area contributed by atoms with Gasteiger partial charge >= 0.3 is 0 Å². The van der Waals surface area contributed by atoms with E-state index in [1.165, 1.54) is 0 Å². The number of rotatable bonds is 6. The number of aliphatic hydroxyl groups excluding tert-OH is 1. The minimum atomic E-state index is 0.102. The first kappa shape index (κ1) is 15.6. The van der Waals surface area contributed by atoms with Crippen molar-refractivity contribution in [2.45, 2.75) is 19.6 Å². The van der Waals surface area contributed by atoms with Crippen molar-refractivity contribution in [3.8, 4) is 17.6 Å². The summed E-state index contributed by atoms with van der Waals surface area (Å²) in [6, 6.07) is 9.92. The molecule has 21 heavy (non-hydrogen) atoms. The summed E-state index contributed by atoms with van der Waals surface area (Å²) in [6.07, 6.45) is 0.508. The quantitative estimate of drug-likeness (QED) is 0.833. The highest BCUT2D eigenvalue weighted by atomic mass is 32.1. The van der Waals surface area contributed by atoms with E-state index in [0.717, 1.165) is 21.8 Å². The normalized spacial score (nSPS) is 10.0. The van der Waals surface area contributed by atoms with E-state index in [1.54, 1.807) is 18.4 Å².